The van der Waals surface area contributed by atoms with Crippen LogP contribution in [0.2, 0.25) is 0 Å². The van der Waals surface area contributed by atoms with Crippen LogP contribution in [0.25, 0.3) is 0 Å². The van der Waals surface area contributed by atoms with Gasteiger partial charge in [0.2, 0.25) is 0 Å². The van der Waals surface area contributed by atoms with Gasteiger partial charge >= 0.3 is 12.3 Å². The first-order valence-corrected chi connectivity index (χ1v) is 7.82. The van der Waals surface area contributed by atoms with Gasteiger partial charge in [-0.2, -0.15) is 13.2 Å². The van der Waals surface area contributed by atoms with Gasteiger partial charge in [0, 0.05) is 32.4 Å². The maximum absolute atomic E-state index is 12.8. The summed E-state index contributed by atoms with van der Waals surface area (Å²) in [5.41, 5.74) is -1.30. The van der Waals surface area contributed by atoms with Gasteiger partial charge in [-0.3, -0.25) is 0 Å². The lowest BCUT2D eigenvalue weighted by Crippen LogP contribution is -2.39. The van der Waals surface area contributed by atoms with Crippen LogP contribution >= 0.6 is 0 Å². The molecule has 1 aliphatic heterocycles. The topological polar surface area (TPSA) is 45.7 Å². The molecular formula is C16H22F3N3O2. The highest BCUT2D eigenvalue weighted by molar-refractivity contribution is 5.68. The van der Waals surface area contributed by atoms with Gasteiger partial charge in [-0.1, -0.05) is 0 Å². The number of carbonyl (C=O) groups is 1. The first kappa shape index (κ1) is 18.4. The number of rotatable bonds is 1. The van der Waals surface area contributed by atoms with Crippen LogP contribution < -0.4 is 4.90 Å². The number of carbonyl (C=O) groups excluding carboxylic acids is 1. The van der Waals surface area contributed by atoms with Crippen molar-refractivity contribution >= 4 is 11.9 Å². The van der Waals surface area contributed by atoms with E-state index >= 15 is 0 Å². The second-order valence-electron chi connectivity index (χ2n) is 6.71. The number of halogens is 3. The largest absolute Gasteiger partial charge is 0.444 e. The number of ether oxygens (including phenoxy) is 1. The minimum Gasteiger partial charge on any atom is -0.444 e. The molecule has 5 nitrogen and oxygen atoms in total. The van der Waals surface area contributed by atoms with E-state index in [4.69, 9.17) is 4.74 Å². The Bertz CT molecular complexity index is 585. The second kappa shape index (κ2) is 6.86. The molecule has 0 unspecified atom stereocenters. The Kier molecular flexibility index (Phi) is 5.25. The third kappa shape index (κ3) is 5.01. The van der Waals surface area contributed by atoms with Gasteiger partial charge < -0.3 is 14.5 Å². The van der Waals surface area contributed by atoms with Crippen molar-refractivity contribution in [2.75, 3.05) is 31.1 Å². The van der Waals surface area contributed by atoms with Gasteiger partial charge in [0.05, 0.1) is 5.56 Å². The van der Waals surface area contributed by atoms with Crippen LogP contribution in [-0.4, -0.2) is 47.8 Å². The molecule has 0 saturated carbocycles. The molecule has 0 bridgehead atoms. The maximum Gasteiger partial charge on any atom is 0.416 e. The summed E-state index contributed by atoms with van der Waals surface area (Å²) in [5.74, 6) is 0.274. The molecule has 0 N–H and O–H groups in total. The van der Waals surface area contributed by atoms with Gasteiger partial charge in [-0.15, -0.1) is 0 Å². The van der Waals surface area contributed by atoms with E-state index in [9.17, 15) is 18.0 Å². The SMILES string of the molecule is CC(C)(C)OC(=O)N1CCCN(c2cc(C(F)(F)F)ccn2)CC1. The van der Waals surface area contributed by atoms with Crippen LogP contribution in [0.4, 0.5) is 23.8 Å². The Morgan fingerprint density at radius 2 is 1.88 bits per heavy atom. The van der Waals surface area contributed by atoms with Crippen molar-refractivity contribution < 1.29 is 22.7 Å². The van der Waals surface area contributed by atoms with Crippen LogP contribution in [0.3, 0.4) is 0 Å². The molecule has 2 heterocycles. The Labute approximate surface area is 139 Å². The summed E-state index contributed by atoms with van der Waals surface area (Å²) in [4.78, 5) is 19.5. The fraction of sp³-hybridized carbons (Fsp3) is 0.625. The minimum atomic E-state index is -4.40. The fourth-order valence-electron chi connectivity index (χ4n) is 2.42. The van der Waals surface area contributed by atoms with Crippen molar-refractivity contribution in [3.05, 3.63) is 23.9 Å². The summed E-state index contributed by atoms with van der Waals surface area (Å²) < 4.78 is 43.8. The van der Waals surface area contributed by atoms with Crippen molar-refractivity contribution in [3.63, 3.8) is 0 Å². The highest BCUT2D eigenvalue weighted by Crippen LogP contribution is 2.30. The number of anilines is 1. The predicted octanol–water partition coefficient (Wildman–Crippen LogP) is 3.55. The van der Waals surface area contributed by atoms with E-state index in [2.05, 4.69) is 4.98 Å². The molecule has 1 amide bonds. The molecule has 0 spiro atoms. The van der Waals surface area contributed by atoms with Crippen LogP contribution in [0, 0.1) is 0 Å². The van der Waals surface area contributed by atoms with Gasteiger partial charge in [-0.25, -0.2) is 9.78 Å². The van der Waals surface area contributed by atoms with Crippen molar-refractivity contribution in [2.24, 2.45) is 0 Å². The van der Waals surface area contributed by atoms with E-state index < -0.39 is 23.4 Å². The number of hydrogen-bond acceptors (Lipinski definition) is 4. The quantitative estimate of drug-likeness (QED) is 0.781. The second-order valence-corrected chi connectivity index (χ2v) is 6.71. The molecule has 134 valence electrons. The molecule has 1 saturated heterocycles. The highest BCUT2D eigenvalue weighted by Gasteiger charge is 2.31. The van der Waals surface area contributed by atoms with Crippen LogP contribution in [0.1, 0.15) is 32.8 Å². The van der Waals surface area contributed by atoms with Crippen molar-refractivity contribution in [1.82, 2.24) is 9.88 Å². The summed E-state index contributed by atoms with van der Waals surface area (Å²) in [5, 5.41) is 0. The number of amides is 1. The first-order valence-electron chi connectivity index (χ1n) is 7.82. The molecule has 0 radical (unpaired) electrons. The van der Waals surface area contributed by atoms with Crippen LogP contribution in [0.5, 0.6) is 0 Å². The van der Waals surface area contributed by atoms with Gasteiger partial charge in [0.1, 0.15) is 11.4 Å². The van der Waals surface area contributed by atoms with Gasteiger partial charge in [0.15, 0.2) is 0 Å². The molecule has 1 fully saturated rings. The Morgan fingerprint density at radius 1 is 1.17 bits per heavy atom. The molecule has 8 heteroatoms. The summed E-state index contributed by atoms with van der Waals surface area (Å²) in [6.45, 7) is 7.21. The number of aromatic nitrogens is 1. The molecular weight excluding hydrogens is 323 g/mol. The van der Waals surface area contributed by atoms with Crippen molar-refractivity contribution in [3.8, 4) is 0 Å². The lowest BCUT2D eigenvalue weighted by Gasteiger charge is -2.26. The Morgan fingerprint density at radius 3 is 2.50 bits per heavy atom. The monoisotopic (exact) mass is 345 g/mol. The van der Waals surface area contributed by atoms with E-state index in [1.54, 1.807) is 30.6 Å². The number of alkyl halides is 3. The Balaban J connectivity index is 2.05. The number of hydrogen-bond donors (Lipinski definition) is 0. The first-order chi connectivity index (χ1) is 11.1. The summed E-state index contributed by atoms with van der Waals surface area (Å²) in [7, 11) is 0. The van der Waals surface area contributed by atoms with Gasteiger partial charge in [0.25, 0.3) is 0 Å². The van der Waals surface area contributed by atoms with Crippen molar-refractivity contribution in [2.45, 2.75) is 39.0 Å². The van der Waals surface area contributed by atoms with Crippen LogP contribution in [0.15, 0.2) is 18.3 Å². The van der Waals surface area contributed by atoms with E-state index in [1.165, 1.54) is 0 Å². The van der Waals surface area contributed by atoms with E-state index in [0.717, 1.165) is 18.3 Å². The zero-order valence-corrected chi connectivity index (χ0v) is 14.1. The maximum atomic E-state index is 12.8. The Hall–Kier alpha value is -1.99. The standard InChI is InChI=1S/C16H22F3N3O2/c1-15(2,3)24-14(23)22-8-4-7-21(9-10-22)13-11-12(5-6-20-13)16(17,18)19/h5-6,11H,4,7-10H2,1-3H3. The smallest absolute Gasteiger partial charge is 0.416 e. The molecule has 2 rings (SSSR count). The summed E-state index contributed by atoms with van der Waals surface area (Å²) >= 11 is 0. The molecule has 0 atom stereocenters. The molecule has 1 aromatic heterocycles. The molecule has 1 aliphatic rings. The van der Waals surface area contributed by atoms with E-state index in [1.807, 2.05) is 0 Å². The average molecular weight is 345 g/mol. The molecule has 0 aliphatic carbocycles. The summed E-state index contributed by atoms with van der Waals surface area (Å²) in [6.07, 6.45) is -3.00. The molecule has 24 heavy (non-hydrogen) atoms. The zero-order valence-electron chi connectivity index (χ0n) is 14.1. The predicted molar refractivity (Wildman–Crippen MR) is 83.9 cm³/mol. The average Bonchev–Trinajstić information content (AvgIpc) is 2.70. The molecule has 1 aromatic rings. The van der Waals surface area contributed by atoms with E-state index in [-0.39, 0.29) is 5.82 Å². The normalized spacial score (nSPS) is 16.8. The minimum absolute atomic E-state index is 0.274. The summed E-state index contributed by atoms with van der Waals surface area (Å²) in [6, 6.07) is 2.00. The fourth-order valence-corrected chi connectivity index (χ4v) is 2.42. The van der Waals surface area contributed by atoms with Crippen LogP contribution in [-0.2, 0) is 10.9 Å². The van der Waals surface area contributed by atoms with Crippen molar-refractivity contribution in [1.29, 1.82) is 0 Å². The van der Waals surface area contributed by atoms with Gasteiger partial charge in [-0.05, 0) is 39.3 Å². The number of pyridine rings is 1. The third-order valence-corrected chi connectivity index (χ3v) is 3.54. The highest BCUT2D eigenvalue weighted by atomic mass is 19.4. The molecule has 0 aromatic carbocycles. The zero-order chi connectivity index (χ0) is 18.0. The van der Waals surface area contributed by atoms with E-state index in [0.29, 0.717) is 32.6 Å². The third-order valence-electron chi connectivity index (χ3n) is 3.54. The lowest BCUT2D eigenvalue weighted by atomic mass is 10.2. The lowest BCUT2D eigenvalue weighted by molar-refractivity contribution is -0.137. The number of nitrogens with zero attached hydrogens (tertiary/aromatic N) is 3.